The number of carbonyl (C=O) groups is 3. The van der Waals surface area contributed by atoms with E-state index in [2.05, 4.69) is 10.1 Å². The summed E-state index contributed by atoms with van der Waals surface area (Å²) >= 11 is 7.49. The lowest BCUT2D eigenvalue weighted by Crippen LogP contribution is -2.42. The molecule has 0 saturated carbocycles. The Morgan fingerprint density at radius 2 is 2.00 bits per heavy atom. The van der Waals surface area contributed by atoms with Crippen molar-refractivity contribution >= 4 is 41.2 Å². The Hall–Kier alpha value is -1.73. The van der Waals surface area contributed by atoms with E-state index in [0.29, 0.717) is 12.2 Å². The van der Waals surface area contributed by atoms with Crippen molar-refractivity contribution in [2.75, 3.05) is 25.7 Å². The molecule has 1 N–H and O–H groups in total. The van der Waals surface area contributed by atoms with Crippen LogP contribution in [0.3, 0.4) is 0 Å². The van der Waals surface area contributed by atoms with Crippen molar-refractivity contribution in [1.82, 2.24) is 5.32 Å². The van der Waals surface area contributed by atoms with Gasteiger partial charge in [-0.1, -0.05) is 23.7 Å². The number of halogens is 1. The Kier molecular flexibility index (Phi) is 8.50. The molecule has 0 heterocycles. The van der Waals surface area contributed by atoms with E-state index >= 15 is 0 Å². The SMILES string of the molecule is COC(=O)COC(=O)C(CCSC)NC(=O)c1ccccc1Cl. The van der Waals surface area contributed by atoms with E-state index < -0.39 is 30.5 Å². The monoisotopic (exact) mass is 359 g/mol. The van der Waals surface area contributed by atoms with Crippen LogP contribution in [0.2, 0.25) is 5.02 Å². The Bertz CT molecular complexity index is 567. The fraction of sp³-hybridized carbons (Fsp3) is 0.400. The molecule has 0 aliphatic rings. The standard InChI is InChI=1S/C15H18ClNO5S/c1-21-13(18)9-22-15(20)12(7-8-23-2)17-14(19)10-5-3-4-6-11(10)16/h3-6,12H,7-9H2,1-2H3,(H,17,19). The van der Waals surface area contributed by atoms with Gasteiger partial charge in [0.25, 0.3) is 5.91 Å². The summed E-state index contributed by atoms with van der Waals surface area (Å²) in [5.41, 5.74) is 0.268. The van der Waals surface area contributed by atoms with Crippen molar-refractivity contribution in [2.24, 2.45) is 0 Å². The summed E-state index contributed by atoms with van der Waals surface area (Å²) < 4.78 is 9.25. The second-order valence-corrected chi connectivity index (χ2v) is 5.86. The molecule has 1 unspecified atom stereocenters. The van der Waals surface area contributed by atoms with E-state index in [1.165, 1.54) is 18.9 Å². The minimum atomic E-state index is -0.865. The number of methoxy groups -OCH3 is 1. The van der Waals surface area contributed by atoms with Crippen molar-refractivity contribution in [3.63, 3.8) is 0 Å². The molecule has 1 atom stereocenters. The normalized spacial score (nSPS) is 11.4. The van der Waals surface area contributed by atoms with Crippen molar-refractivity contribution in [1.29, 1.82) is 0 Å². The van der Waals surface area contributed by atoms with Crippen LogP contribution in [-0.4, -0.2) is 49.6 Å². The van der Waals surface area contributed by atoms with Crippen LogP contribution < -0.4 is 5.32 Å². The predicted molar refractivity (Wildman–Crippen MR) is 88.7 cm³/mol. The smallest absolute Gasteiger partial charge is 0.344 e. The molecule has 0 bridgehead atoms. The Morgan fingerprint density at radius 1 is 1.30 bits per heavy atom. The van der Waals surface area contributed by atoms with Gasteiger partial charge in [-0.3, -0.25) is 4.79 Å². The molecule has 0 spiro atoms. The second-order valence-electron chi connectivity index (χ2n) is 4.47. The molecule has 0 fully saturated rings. The number of carbonyl (C=O) groups excluding carboxylic acids is 3. The number of thioether (sulfide) groups is 1. The molecule has 1 aromatic carbocycles. The molecule has 23 heavy (non-hydrogen) atoms. The first kappa shape index (κ1) is 19.3. The third kappa shape index (κ3) is 6.50. The summed E-state index contributed by atoms with van der Waals surface area (Å²) in [5.74, 6) is -1.19. The Morgan fingerprint density at radius 3 is 2.61 bits per heavy atom. The molecule has 8 heteroatoms. The maximum Gasteiger partial charge on any atom is 0.344 e. The zero-order valence-electron chi connectivity index (χ0n) is 12.8. The van der Waals surface area contributed by atoms with Crippen LogP contribution in [0.4, 0.5) is 0 Å². The Labute approximate surface area is 143 Å². The van der Waals surface area contributed by atoms with E-state index in [1.54, 1.807) is 24.3 Å². The topological polar surface area (TPSA) is 81.7 Å². The summed E-state index contributed by atoms with van der Waals surface area (Å²) in [4.78, 5) is 35.3. The molecule has 1 aromatic rings. The number of amides is 1. The summed E-state index contributed by atoms with van der Waals surface area (Å²) in [6, 6.07) is 5.66. The molecule has 0 aliphatic carbocycles. The number of rotatable bonds is 8. The quantitative estimate of drug-likeness (QED) is 0.714. The van der Waals surface area contributed by atoms with Crippen molar-refractivity contribution in [3.8, 4) is 0 Å². The number of hydrogen-bond donors (Lipinski definition) is 1. The zero-order chi connectivity index (χ0) is 17.2. The maximum atomic E-state index is 12.2. The first-order valence-corrected chi connectivity index (χ1v) is 8.54. The van der Waals surface area contributed by atoms with Crippen LogP contribution in [-0.2, 0) is 19.1 Å². The van der Waals surface area contributed by atoms with Crippen LogP contribution >= 0.6 is 23.4 Å². The third-order valence-electron chi connectivity index (χ3n) is 2.88. The van der Waals surface area contributed by atoms with E-state index in [-0.39, 0.29) is 10.6 Å². The minimum absolute atomic E-state index is 0.268. The van der Waals surface area contributed by atoms with Gasteiger partial charge >= 0.3 is 11.9 Å². The van der Waals surface area contributed by atoms with Gasteiger partial charge in [0, 0.05) is 0 Å². The molecule has 126 valence electrons. The molecule has 1 amide bonds. The summed E-state index contributed by atoms with van der Waals surface area (Å²) in [6.07, 6.45) is 2.25. The molecule has 0 aromatic heterocycles. The number of ether oxygens (including phenoxy) is 2. The van der Waals surface area contributed by atoms with Crippen molar-refractivity contribution < 1.29 is 23.9 Å². The van der Waals surface area contributed by atoms with Crippen LogP contribution in [0.15, 0.2) is 24.3 Å². The molecule has 0 radical (unpaired) electrons. The van der Waals surface area contributed by atoms with Gasteiger partial charge in [0.15, 0.2) is 6.61 Å². The van der Waals surface area contributed by atoms with E-state index in [0.717, 1.165) is 0 Å². The second kappa shape index (κ2) is 10.1. The molecule has 0 aliphatic heterocycles. The van der Waals surface area contributed by atoms with Gasteiger partial charge in [0.1, 0.15) is 6.04 Å². The lowest BCUT2D eigenvalue weighted by molar-refractivity contribution is -0.158. The van der Waals surface area contributed by atoms with Crippen molar-refractivity contribution in [2.45, 2.75) is 12.5 Å². The van der Waals surface area contributed by atoms with Gasteiger partial charge in [-0.25, -0.2) is 9.59 Å². The van der Waals surface area contributed by atoms with Gasteiger partial charge in [-0.05, 0) is 30.6 Å². The first-order valence-electron chi connectivity index (χ1n) is 6.77. The fourth-order valence-corrected chi connectivity index (χ4v) is 2.35. The highest BCUT2D eigenvalue weighted by Gasteiger charge is 2.24. The highest BCUT2D eigenvalue weighted by atomic mass is 35.5. The van der Waals surface area contributed by atoms with Crippen LogP contribution in [0.5, 0.6) is 0 Å². The predicted octanol–water partition coefficient (Wildman–Crippen LogP) is 1.91. The fourth-order valence-electron chi connectivity index (χ4n) is 1.66. The average Bonchev–Trinajstić information content (AvgIpc) is 2.56. The van der Waals surface area contributed by atoms with Gasteiger partial charge in [0.2, 0.25) is 0 Å². The number of benzene rings is 1. The molecule has 0 saturated heterocycles. The van der Waals surface area contributed by atoms with Crippen LogP contribution in [0.1, 0.15) is 16.8 Å². The lowest BCUT2D eigenvalue weighted by atomic mass is 10.1. The molecule has 1 rings (SSSR count). The highest BCUT2D eigenvalue weighted by Crippen LogP contribution is 2.15. The Balaban J connectivity index is 2.73. The highest BCUT2D eigenvalue weighted by molar-refractivity contribution is 7.98. The summed E-state index contributed by atoms with van der Waals surface area (Å²) in [5, 5.41) is 2.88. The summed E-state index contributed by atoms with van der Waals surface area (Å²) in [6.45, 7) is -0.493. The van der Waals surface area contributed by atoms with Crippen LogP contribution in [0.25, 0.3) is 0 Å². The summed E-state index contributed by atoms with van der Waals surface area (Å²) in [7, 11) is 1.19. The maximum absolute atomic E-state index is 12.2. The van der Waals surface area contributed by atoms with E-state index in [1.807, 2.05) is 6.26 Å². The number of nitrogens with one attached hydrogen (secondary N) is 1. The lowest BCUT2D eigenvalue weighted by Gasteiger charge is -2.17. The first-order chi connectivity index (χ1) is 11.0. The molecular weight excluding hydrogens is 342 g/mol. The van der Waals surface area contributed by atoms with Gasteiger partial charge in [-0.15, -0.1) is 0 Å². The number of hydrogen-bond acceptors (Lipinski definition) is 6. The van der Waals surface area contributed by atoms with Gasteiger partial charge in [-0.2, -0.15) is 11.8 Å². The van der Waals surface area contributed by atoms with Gasteiger partial charge < -0.3 is 14.8 Å². The molecule has 6 nitrogen and oxygen atoms in total. The largest absolute Gasteiger partial charge is 0.466 e. The number of esters is 2. The molecular formula is C15H18ClNO5S. The zero-order valence-corrected chi connectivity index (χ0v) is 14.4. The third-order valence-corrected chi connectivity index (χ3v) is 3.85. The van der Waals surface area contributed by atoms with Crippen LogP contribution in [0, 0.1) is 0 Å². The average molecular weight is 360 g/mol. The van der Waals surface area contributed by atoms with Gasteiger partial charge in [0.05, 0.1) is 17.7 Å². The van der Waals surface area contributed by atoms with E-state index in [9.17, 15) is 14.4 Å². The van der Waals surface area contributed by atoms with Crippen molar-refractivity contribution in [3.05, 3.63) is 34.9 Å². The minimum Gasteiger partial charge on any atom is -0.466 e. The van der Waals surface area contributed by atoms with E-state index in [4.69, 9.17) is 16.3 Å².